The molecule has 1 saturated heterocycles. The summed E-state index contributed by atoms with van der Waals surface area (Å²) in [6.45, 7) is 4.41. The molecule has 1 aliphatic heterocycles. The van der Waals surface area contributed by atoms with Crippen molar-refractivity contribution in [1.82, 2.24) is 15.2 Å². The summed E-state index contributed by atoms with van der Waals surface area (Å²) in [7, 11) is 0. The Morgan fingerprint density at radius 1 is 1.38 bits per heavy atom. The molecule has 1 aromatic heterocycles. The van der Waals surface area contributed by atoms with Gasteiger partial charge in [0.15, 0.2) is 0 Å². The fourth-order valence-electron chi connectivity index (χ4n) is 3.06. The first-order chi connectivity index (χ1) is 12.7. The molecule has 0 aliphatic carbocycles. The van der Waals surface area contributed by atoms with E-state index in [0.717, 1.165) is 24.2 Å². The van der Waals surface area contributed by atoms with Gasteiger partial charge < -0.3 is 20.1 Å². The van der Waals surface area contributed by atoms with Crippen LogP contribution in [0.3, 0.4) is 0 Å². The molecule has 0 saturated carbocycles. The maximum Gasteiger partial charge on any atom is 0.253 e. The highest BCUT2D eigenvalue weighted by molar-refractivity contribution is 5.94. The van der Waals surface area contributed by atoms with Gasteiger partial charge in [0.05, 0.1) is 12.8 Å². The number of benzene rings is 1. The smallest absolute Gasteiger partial charge is 0.253 e. The van der Waals surface area contributed by atoms with Crippen molar-refractivity contribution >= 4 is 5.91 Å². The molecule has 1 fully saturated rings. The third-order valence-corrected chi connectivity index (χ3v) is 4.48. The summed E-state index contributed by atoms with van der Waals surface area (Å²) in [6.07, 6.45) is 2.61. The lowest BCUT2D eigenvalue weighted by Crippen LogP contribution is -2.36. The second-order valence-corrected chi connectivity index (χ2v) is 6.54. The van der Waals surface area contributed by atoms with Crippen LogP contribution < -0.4 is 10.1 Å². The van der Waals surface area contributed by atoms with Crippen LogP contribution in [0.2, 0.25) is 0 Å². The molecule has 1 aromatic carbocycles. The van der Waals surface area contributed by atoms with Crippen LogP contribution in [0.5, 0.6) is 5.75 Å². The van der Waals surface area contributed by atoms with Gasteiger partial charge in [-0.05, 0) is 43.2 Å². The Morgan fingerprint density at radius 2 is 2.27 bits per heavy atom. The number of pyridine rings is 1. The molecule has 0 spiro atoms. The third-order valence-electron chi connectivity index (χ3n) is 4.48. The number of aromatic nitrogens is 1. The maximum atomic E-state index is 12.7. The minimum Gasteiger partial charge on any atom is -0.487 e. The average Bonchev–Trinajstić information content (AvgIpc) is 3.14. The van der Waals surface area contributed by atoms with Crippen LogP contribution >= 0.6 is 0 Å². The zero-order valence-electron chi connectivity index (χ0n) is 15.0. The number of ether oxygens (including phenoxy) is 1. The van der Waals surface area contributed by atoms with Crippen LogP contribution in [-0.4, -0.2) is 53.2 Å². The highest BCUT2D eigenvalue weighted by atomic mass is 16.5. The van der Waals surface area contributed by atoms with Gasteiger partial charge in [0.1, 0.15) is 12.4 Å². The molecule has 26 heavy (non-hydrogen) atoms. The Kier molecular flexibility index (Phi) is 6.20. The third kappa shape index (κ3) is 4.80. The maximum absolute atomic E-state index is 12.7. The van der Waals surface area contributed by atoms with Gasteiger partial charge >= 0.3 is 0 Å². The Balaban J connectivity index is 1.58. The zero-order chi connectivity index (χ0) is 18.4. The first kappa shape index (κ1) is 18.4. The Labute approximate surface area is 153 Å². The summed E-state index contributed by atoms with van der Waals surface area (Å²) in [4.78, 5) is 18.8. The fourth-order valence-corrected chi connectivity index (χ4v) is 3.06. The number of amides is 1. The first-order valence-electron chi connectivity index (χ1n) is 8.93. The fraction of sp³-hybridized carbons (Fsp3) is 0.400. The number of nitrogens with one attached hydrogen (secondary N) is 1. The number of hydrogen-bond donors (Lipinski definition) is 2. The largest absolute Gasteiger partial charge is 0.487 e. The zero-order valence-corrected chi connectivity index (χ0v) is 15.0. The predicted molar refractivity (Wildman–Crippen MR) is 99.1 cm³/mol. The van der Waals surface area contributed by atoms with Crippen LogP contribution in [0.15, 0.2) is 42.6 Å². The predicted octanol–water partition coefficient (Wildman–Crippen LogP) is 1.77. The summed E-state index contributed by atoms with van der Waals surface area (Å²) in [5.41, 5.74) is 2.57. The van der Waals surface area contributed by atoms with E-state index >= 15 is 0 Å². The van der Waals surface area contributed by atoms with Crippen LogP contribution in [0, 0.1) is 6.92 Å². The molecule has 2 aromatic rings. The van der Waals surface area contributed by atoms with E-state index in [9.17, 15) is 4.79 Å². The van der Waals surface area contributed by atoms with Gasteiger partial charge in [-0.25, -0.2) is 0 Å². The minimum atomic E-state index is 0.0390. The molecule has 0 bridgehead atoms. The lowest BCUT2D eigenvalue weighted by molar-refractivity contribution is 0.0789. The molecule has 1 amide bonds. The summed E-state index contributed by atoms with van der Waals surface area (Å²) in [5.74, 6) is 0.752. The number of aryl methyl sites for hydroxylation is 1. The number of rotatable bonds is 7. The van der Waals surface area contributed by atoms with Gasteiger partial charge in [-0.15, -0.1) is 0 Å². The van der Waals surface area contributed by atoms with Crippen molar-refractivity contribution in [2.75, 3.05) is 26.2 Å². The average molecular weight is 355 g/mol. The molecule has 3 rings (SSSR count). The van der Waals surface area contributed by atoms with Crippen molar-refractivity contribution in [2.45, 2.75) is 26.0 Å². The van der Waals surface area contributed by atoms with Crippen molar-refractivity contribution in [2.24, 2.45) is 0 Å². The standard InChI is InChI=1S/C20H25N3O3/c1-15-5-6-19(12-22-15)26-14-16-3-2-4-17(11-16)20(25)23-9-7-18(13-23)21-8-10-24/h2-6,11-12,18,21,24H,7-10,13-14H2,1H3. The molecule has 6 nitrogen and oxygen atoms in total. The number of carbonyl (C=O) groups is 1. The molecule has 1 aliphatic rings. The first-order valence-corrected chi connectivity index (χ1v) is 8.93. The minimum absolute atomic E-state index is 0.0390. The monoisotopic (exact) mass is 355 g/mol. The van der Waals surface area contributed by atoms with Crippen molar-refractivity contribution in [3.8, 4) is 5.75 Å². The number of aliphatic hydroxyl groups is 1. The topological polar surface area (TPSA) is 74.7 Å². The molecule has 6 heteroatoms. The van der Waals surface area contributed by atoms with E-state index in [1.54, 1.807) is 6.20 Å². The molecule has 1 atom stereocenters. The van der Waals surface area contributed by atoms with Gasteiger partial charge in [0.25, 0.3) is 5.91 Å². The van der Waals surface area contributed by atoms with Gasteiger partial charge in [0.2, 0.25) is 0 Å². The molecule has 2 heterocycles. The summed E-state index contributed by atoms with van der Waals surface area (Å²) in [6, 6.07) is 11.6. The van der Waals surface area contributed by atoms with E-state index in [-0.39, 0.29) is 18.6 Å². The van der Waals surface area contributed by atoms with E-state index in [1.807, 2.05) is 48.2 Å². The molecular formula is C20H25N3O3. The Bertz CT molecular complexity index is 733. The van der Waals surface area contributed by atoms with Gasteiger partial charge in [-0.3, -0.25) is 9.78 Å². The van der Waals surface area contributed by atoms with Crippen LogP contribution in [0.1, 0.15) is 28.0 Å². The summed E-state index contributed by atoms with van der Waals surface area (Å²) in [5, 5.41) is 12.1. The number of nitrogens with zero attached hydrogens (tertiary/aromatic N) is 2. The highest BCUT2D eigenvalue weighted by Gasteiger charge is 2.26. The molecular weight excluding hydrogens is 330 g/mol. The van der Waals surface area contributed by atoms with Gasteiger partial charge in [0, 0.05) is 36.9 Å². The van der Waals surface area contributed by atoms with Crippen molar-refractivity contribution in [1.29, 1.82) is 0 Å². The van der Waals surface area contributed by atoms with E-state index in [0.29, 0.717) is 31.0 Å². The quantitative estimate of drug-likeness (QED) is 0.792. The normalized spacial score (nSPS) is 16.7. The Morgan fingerprint density at radius 3 is 3.04 bits per heavy atom. The summed E-state index contributed by atoms with van der Waals surface area (Å²) < 4.78 is 5.75. The van der Waals surface area contributed by atoms with Crippen LogP contribution in [0.4, 0.5) is 0 Å². The number of hydrogen-bond acceptors (Lipinski definition) is 5. The van der Waals surface area contributed by atoms with E-state index in [4.69, 9.17) is 9.84 Å². The highest BCUT2D eigenvalue weighted by Crippen LogP contribution is 2.16. The molecule has 2 N–H and O–H groups in total. The number of likely N-dealkylation sites (tertiary alicyclic amines) is 1. The molecule has 1 unspecified atom stereocenters. The second-order valence-electron chi connectivity index (χ2n) is 6.54. The number of aliphatic hydroxyl groups excluding tert-OH is 1. The second kappa shape index (κ2) is 8.78. The van der Waals surface area contributed by atoms with E-state index in [2.05, 4.69) is 10.3 Å². The van der Waals surface area contributed by atoms with Crippen molar-refractivity contribution in [3.63, 3.8) is 0 Å². The van der Waals surface area contributed by atoms with Crippen molar-refractivity contribution in [3.05, 3.63) is 59.4 Å². The molecule has 138 valence electrons. The van der Waals surface area contributed by atoms with E-state index < -0.39 is 0 Å². The van der Waals surface area contributed by atoms with Crippen LogP contribution in [-0.2, 0) is 6.61 Å². The summed E-state index contributed by atoms with van der Waals surface area (Å²) >= 11 is 0. The number of carbonyl (C=O) groups excluding carboxylic acids is 1. The van der Waals surface area contributed by atoms with Gasteiger partial charge in [-0.1, -0.05) is 12.1 Å². The lowest BCUT2D eigenvalue weighted by Gasteiger charge is -2.17. The lowest BCUT2D eigenvalue weighted by atomic mass is 10.1. The Hall–Kier alpha value is -2.44. The van der Waals surface area contributed by atoms with Crippen molar-refractivity contribution < 1.29 is 14.6 Å². The molecule has 0 radical (unpaired) electrons. The van der Waals surface area contributed by atoms with Gasteiger partial charge in [-0.2, -0.15) is 0 Å². The SMILES string of the molecule is Cc1ccc(OCc2cccc(C(=O)N3CCC(NCCO)C3)c2)cn1. The van der Waals surface area contributed by atoms with E-state index in [1.165, 1.54) is 0 Å². The van der Waals surface area contributed by atoms with Crippen LogP contribution in [0.25, 0.3) is 0 Å².